The van der Waals surface area contributed by atoms with Gasteiger partial charge in [-0.05, 0) is 74.2 Å². The molecular formula is C34H40N6O5. The first kappa shape index (κ1) is 32.8. The van der Waals surface area contributed by atoms with Gasteiger partial charge in [0.1, 0.15) is 0 Å². The molecule has 4 amide bonds. The highest BCUT2D eigenvalue weighted by Crippen LogP contribution is 2.24. The van der Waals surface area contributed by atoms with Crippen LogP contribution < -0.4 is 21.2 Å². The average molecular weight is 613 g/mol. The average Bonchev–Trinajstić information content (AvgIpc) is 3.04. The Bertz CT molecular complexity index is 1690. The van der Waals surface area contributed by atoms with Gasteiger partial charge in [0.05, 0.1) is 10.9 Å². The first-order valence-corrected chi connectivity index (χ1v) is 15.3. The second-order valence-corrected chi connectivity index (χ2v) is 10.8. The zero-order chi connectivity index (χ0) is 32.3. The maximum atomic E-state index is 13.2. The summed E-state index contributed by atoms with van der Waals surface area (Å²) in [5.74, 6) is -0.566. The number of amides is 4. The number of unbranched alkanes of at least 4 members (excludes halogenated alkanes) is 1. The van der Waals surface area contributed by atoms with Crippen LogP contribution in [0.15, 0.2) is 70.0 Å². The lowest BCUT2D eigenvalue weighted by molar-refractivity contribution is -0.116. The fourth-order valence-corrected chi connectivity index (χ4v) is 4.85. The molecule has 0 aliphatic heterocycles. The lowest BCUT2D eigenvalue weighted by Crippen LogP contribution is -2.42. The van der Waals surface area contributed by atoms with Crippen molar-refractivity contribution in [2.45, 2.75) is 52.9 Å². The molecule has 0 bridgehead atoms. The van der Waals surface area contributed by atoms with Crippen LogP contribution in [0.25, 0.3) is 10.9 Å². The Morgan fingerprint density at radius 3 is 2.44 bits per heavy atom. The highest BCUT2D eigenvalue weighted by molar-refractivity contribution is 5.97. The number of aryl methyl sites for hydroxylation is 2. The number of hydrogen-bond donors (Lipinski definition) is 2. The third-order valence-electron chi connectivity index (χ3n) is 7.53. The molecule has 0 saturated heterocycles. The number of nitrogens with zero attached hydrogens (tertiary/aromatic N) is 4. The zero-order valence-corrected chi connectivity index (χ0v) is 26.3. The number of likely N-dealkylation sites (N-methyl/N-ethyl adjacent to an activating group) is 1. The number of fused-ring (bicyclic) bond motifs is 1. The number of carbonyl (C=O) groups excluding carboxylic acids is 3. The predicted octanol–water partition coefficient (Wildman–Crippen LogP) is 5.11. The number of pyridine rings is 1. The van der Waals surface area contributed by atoms with Gasteiger partial charge in [-0.1, -0.05) is 31.5 Å². The van der Waals surface area contributed by atoms with Gasteiger partial charge in [-0.3, -0.25) is 14.6 Å². The van der Waals surface area contributed by atoms with Crippen LogP contribution in [-0.4, -0.2) is 59.4 Å². The van der Waals surface area contributed by atoms with Crippen LogP contribution in [0.1, 0.15) is 60.3 Å². The molecule has 0 atom stereocenters. The minimum absolute atomic E-state index is 0.0466. The summed E-state index contributed by atoms with van der Waals surface area (Å²) in [5, 5.41) is 5.79. The van der Waals surface area contributed by atoms with Gasteiger partial charge in [0.15, 0.2) is 0 Å². The van der Waals surface area contributed by atoms with E-state index in [4.69, 9.17) is 4.42 Å². The number of rotatable bonds is 13. The number of carbonyl (C=O) groups is 3. The largest absolute Gasteiger partial charge is 0.388 e. The van der Waals surface area contributed by atoms with Crippen LogP contribution in [0.4, 0.5) is 16.5 Å². The van der Waals surface area contributed by atoms with Gasteiger partial charge in [0.25, 0.3) is 5.91 Å². The highest BCUT2D eigenvalue weighted by Gasteiger charge is 2.24. The van der Waals surface area contributed by atoms with Gasteiger partial charge < -0.3 is 20.0 Å². The number of nitrogens with one attached hydrogen (secondary N) is 2. The van der Waals surface area contributed by atoms with Crippen LogP contribution in [0.3, 0.4) is 0 Å². The topological polar surface area (TPSA) is 138 Å². The van der Waals surface area contributed by atoms with E-state index in [1.165, 1.54) is 15.4 Å². The van der Waals surface area contributed by atoms with E-state index in [1.807, 2.05) is 30.3 Å². The Hall–Kier alpha value is -5.06. The lowest BCUT2D eigenvalue weighted by atomic mass is 10.1. The van der Waals surface area contributed by atoms with Gasteiger partial charge in [-0.2, -0.15) is 4.98 Å². The fraction of sp³-hybridized carbons (Fsp3) is 0.353. The molecule has 4 aromatic rings. The van der Waals surface area contributed by atoms with E-state index in [1.54, 1.807) is 51.4 Å². The van der Waals surface area contributed by atoms with Crippen LogP contribution in [0.2, 0.25) is 0 Å². The minimum Gasteiger partial charge on any atom is -0.388 e. The molecule has 0 saturated carbocycles. The second kappa shape index (κ2) is 15.6. The van der Waals surface area contributed by atoms with Crippen molar-refractivity contribution in [3.63, 3.8) is 0 Å². The number of aromatic nitrogens is 2. The van der Waals surface area contributed by atoms with Gasteiger partial charge in [0, 0.05) is 62.7 Å². The summed E-state index contributed by atoms with van der Waals surface area (Å²) in [6.45, 7) is 6.41. The maximum Gasteiger partial charge on any atom is 0.348 e. The van der Waals surface area contributed by atoms with Crippen molar-refractivity contribution in [1.82, 2.24) is 20.2 Å². The first-order chi connectivity index (χ1) is 21.7. The van der Waals surface area contributed by atoms with Crippen LogP contribution in [0, 0.1) is 6.92 Å². The van der Waals surface area contributed by atoms with Crippen molar-refractivity contribution >= 4 is 40.5 Å². The molecule has 0 radical (unpaired) electrons. The SMILES string of the molecule is CCCCc1ccc(C(=O)NCCC(=O)Nc2ccc3nc(N(CC)C(=O)N(C)CCc4ccccn4)oc(=O)c3c2C)cc1. The Labute approximate surface area is 262 Å². The molecule has 11 heteroatoms. The summed E-state index contributed by atoms with van der Waals surface area (Å²) in [5.41, 5.74) is 3.19. The first-order valence-electron chi connectivity index (χ1n) is 15.3. The summed E-state index contributed by atoms with van der Waals surface area (Å²) in [6.07, 6.45) is 5.52. The Morgan fingerprint density at radius 1 is 0.978 bits per heavy atom. The number of benzene rings is 2. The van der Waals surface area contributed by atoms with E-state index in [-0.39, 0.29) is 48.8 Å². The highest BCUT2D eigenvalue weighted by atomic mass is 16.4. The molecule has 2 heterocycles. The van der Waals surface area contributed by atoms with E-state index >= 15 is 0 Å². The van der Waals surface area contributed by atoms with Crippen molar-refractivity contribution in [2.75, 3.05) is 36.9 Å². The second-order valence-electron chi connectivity index (χ2n) is 10.8. The molecule has 45 heavy (non-hydrogen) atoms. The molecule has 2 aromatic carbocycles. The summed E-state index contributed by atoms with van der Waals surface area (Å²) in [4.78, 5) is 63.1. The number of anilines is 2. The molecule has 0 spiro atoms. The Balaban J connectivity index is 1.37. The smallest absolute Gasteiger partial charge is 0.348 e. The fourth-order valence-electron chi connectivity index (χ4n) is 4.85. The lowest BCUT2D eigenvalue weighted by Gasteiger charge is -2.25. The van der Waals surface area contributed by atoms with Crippen molar-refractivity contribution in [1.29, 1.82) is 0 Å². The van der Waals surface area contributed by atoms with E-state index in [0.29, 0.717) is 35.3 Å². The van der Waals surface area contributed by atoms with Crippen LogP contribution in [0.5, 0.6) is 0 Å². The minimum atomic E-state index is -0.668. The quantitative estimate of drug-likeness (QED) is 0.214. The Morgan fingerprint density at radius 2 is 1.76 bits per heavy atom. The molecular weight excluding hydrogens is 572 g/mol. The maximum absolute atomic E-state index is 13.2. The normalized spacial score (nSPS) is 10.8. The van der Waals surface area contributed by atoms with Crippen LogP contribution in [-0.2, 0) is 17.6 Å². The van der Waals surface area contributed by atoms with Gasteiger partial charge in [0.2, 0.25) is 5.91 Å². The molecule has 0 aliphatic carbocycles. The molecule has 0 aliphatic rings. The Kier molecular flexibility index (Phi) is 11.4. The van der Waals surface area contributed by atoms with Crippen LogP contribution >= 0.6 is 0 Å². The van der Waals surface area contributed by atoms with E-state index in [2.05, 4.69) is 27.5 Å². The number of urea groups is 1. The third kappa shape index (κ3) is 8.53. The van der Waals surface area contributed by atoms with E-state index in [9.17, 15) is 19.2 Å². The molecule has 11 nitrogen and oxygen atoms in total. The van der Waals surface area contributed by atoms with Crippen molar-refractivity contribution in [2.24, 2.45) is 0 Å². The van der Waals surface area contributed by atoms with Crippen molar-refractivity contribution in [3.8, 4) is 0 Å². The van der Waals surface area contributed by atoms with Gasteiger partial charge in [-0.15, -0.1) is 0 Å². The van der Waals surface area contributed by atoms with Gasteiger partial charge >= 0.3 is 17.7 Å². The molecule has 0 fully saturated rings. The van der Waals surface area contributed by atoms with Crippen molar-refractivity contribution in [3.05, 3.63) is 93.6 Å². The zero-order valence-electron chi connectivity index (χ0n) is 26.3. The summed E-state index contributed by atoms with van der Waals surface area (Å²) in [6, 6.07) is 15.9. The summed E-state index contributed by atoms with van der Waals surface area (Å²) < 4.78 is 5.52. The van der Waals surface area contributed by atoms with Gasteiger partial charge in [-0.25, -0.2) is 14.5 Å². The van der Waals surface area contributed by atoms with Crippen molar-refractivity contribution < 1.29 is 18.8 Å². The number of hydrogen-bond acceptors (Lipinski definition) is 7. The van der Waals surface area contributed by atoms with E-state index in [0.717, 1.165) is 25.0 Å². The molecule has 0 unspecified atom stereocenters. The third-order valence-corrected chi connectivity index (χ3v) is 7.53. The monoisotopic (exact) mass is 612 g/mol. The molecule has 2 N–H and O–H groups in total. The molecule has 236 valence electrons. The summed E-state index contributed by atoms with van der Waals surface area (Å²) in [7, 11) is 1.67. The standard InChI is InChI=1S/C34H40N6O5/c1-5-7-10-24-12-14-25(15-13-24)31(42)36-21-18-29(41)37-27-16-17-28-30(23(27)3)32(43)45-33(38-28)40(6-2)34(44)39(4)22-19-26-11-8-9-20-35-26/h8-9,11-17,20H,5-7,10,18-19,21-22H2,1-4H3,(H,36,42)(H,37,41). The van der Waals surface area contributed by atoms with E-state index < -0.39 is 5.63 Å². The molecule has 4 rings (SSSR count). The summed E-state index contributed by atoms with van der Waals surface area (Å²) >= 11 is 0. The predicted molar refractivity (Wildman–Crippen MR) is 175 cm³/mol. The molecule has 2 aromatic heterocycles.